The Kier molecular flexibility index (Phi) is 2.63. The van der Waals surface area contributed by atoms with Crippen LogP contribution in [0.15, 0.2) is 24.5 Å². The lowest BCUT2D eigenvalue weighted by Crippen LogP contribution is -2.06. The summed E-state index contributed by atoms with van der Waals surface area (Å²) >= 11 is 0. The fourth-order valence-corrected chi connectivity index (χ4v) is 1.33. The van der Waals surface area contributed by atoms with Crippen molar-refractivity contribution in [3.8, 4) is 0 Å². The number of anilines is 3. The molecule has 1 heterocycles. The molecule has 6 heteroatoms. The van der Waals surface area contributed by atoms with Crippen LogP contribution in [0, 0.1) is 0 Å². The second-order valence-electron chi connectivity index (χ2n) is 3.56. The van der Waals surface area contributed by atoms with Gasteiger partial charge in [0.05, 0.1) is 17.9 Å². The summed E-state index contributed by atoms with van der Waals surface area (Å²) in [5.41, 5.74) is 13.4. The van der Waals surface area contributed by atoms with Crippen molar-refractivity contribution >= 4 is 17.1 Å². The van der Waals surface area contributed by atoms with Crippen LogP contribution in [0.1, 0.15) is 5.82 Å². The van der Waals surface area contributed by atoms with Gasteiger partial charge in [-0.1, -0.05) is 0 Å². The van der Waals surface area contributed by atoms with Gasteiger partial charge in [0.25, 0.3) is 0 Å². The van der Waals surface area contributed by atoms with Crippen molar-refractivity contribution in [1.29, 1.82) is 0 Å². The van der Waals surface area contributed by atoms with Crippen molar-refractivity contribution in [2.24, 2.45) is 7.05 Å². The average molecular weight is 218 g/mol. The molecule has 84 valence electrons. The zero-order valence-electron chi connectivity index (χ0n) is 9.01. The van der Waals surface area contributed by atoms with Gasteiger partial charge in [-0.05, 0) is 18.2 Å². The lowest BCUT2D eigenvalue weighted by Gasteiger charge is -2.07. The Bertz CT molecular complexity index is 490. The van der Waals surface area contributed by atoms with Crippen molar-refractivity contribution in [3.63, 3.8) is 0 Å². The largest absolute Gasteiger partial charge is 0.397 e. The van der Waals surface area contributed by atoms with Crippen LogP contribution in [0.3, 0.4) is 0 Å². The van der Waals surface area contributed by atoms with Gasteiger partial charge in [-0.2, -0.15) is 0 Å². The highest BCUT2D eigenvalue weighted by Crippen LogP contribution is 2.19. The molecule has 0 unspecified atom stereocenters. The molecule has 0 spiro atoms. The molecule has 1 aromatic carbocycles. The summed E-state index contributed by atoms with van der Waals surface area (Å²) < 4.78 is 1.85. The van der Waals surface area contributed by atoms with E-state index in [-0.39, 0.29) is 0 Å². The summed E-state index contributed by atoms with van der Waals surface area (Å²) in [4.78, 5) is 0. The van der Waals surface area contributed by atoms with E-state index in [2.05, 4.69) is 15.5 Å². The maximum atomic E-state index is 5.70. The fraction of sp³-hybridized carbons (Fsp3) is 0.200. The van der Waals surface area contributed by atoms with Crippen LogP contribution in [0.5, 0.6) is 0 Å². The van der Waals surface area contributed by atoms with Crippen LogP contribution in [-0.4, -0.2) is 14.8 Å². The lowest BCUT2D eigenvalue weighted by atomic mass is 10.2. The molecule has 2 aromatic rings. The predicted octanol–water partition coefficient (Wildman–Crippen LogP) is 0.592. The maximum Gasteiger partial charge on any atom is 0.151 e. The molecule has 5 N–H and O–H groups in total. The fourth-order valence-electron chi connectivity index (χ4n) is 1.33. The first-order chi connectivity index (χ1) is 7.66. The molecule has 0 saturated carbocycles. The minimum absolute atomic E-state index is 0.572. The molecular weight excluding hydrogens is 204 g/mol. The van der Waals surface area contributed by atoms with Gasteiger partial charge in [0.2, 0.25) is 0 Å². The highest BCUT2D eigenvalue weighted by atomic mass is 15.3. The van der Waals surface area contributed by atoms with Crippen molar-refractivity contribution in [2.45, 2.75) is 6.54 Å². The number of aryl methyl sites for hydroxylation is 1. The summed E-state index contributed by atoms with van der Waals surface area (Å²) in [6.45, 7) is 0.597. The lowest BCUT2D eigenvalue weighted by molar-refractivity contribution is 0.812. The summed E-state index contributed by atoms with van der Waals surface area (Å²) in [6, 6.07) is 5.45. The number of nitrogen functional groups attached to an aromatic ring is 2. The van der Waals surface area contributed by atoms with Crippen molar-refractivity contribution in [3.05, 3.63) is 30.4 Å². The monoisotopic (exact) mass is 218 g/mol. The van der Waals surface area contributed by atoms with Gasteiger partial charge in [-0.3, -0.25) is 0 Å². The van der Waals surface area contributed by atoms with Crippen molar-refractivity contribution < 1.29 is 0 Å². The Morgan fingerprint density at radius 3 is 2.75 bits per heavy atom. The summed E-state index contributed by atoms with van der Waals surface area (Å²) in [7, 11) is 1.90. The molecule has 0 aliphatic heterocycles. The third kappa shape index (κ3) is 2.05. The Labute approximate surface area is 93.3 Å². The van der Waals surface area contributed by atoms with Crippen LogP contribution < -0.4 is 16.8 Å². The molecule has 2 rings (SSSR count). The van der Waals surface area contributed by atoms with Crippen molar-refractivity contribution in [2.75, 3.05) is 16.8 Å². The van der Waals surface area contributed by atoms with Crippen molar-refractivity contribution in [1.82, 2.24) is 14.8 Å². The molecule has 0 saturated heterocycles. The normalized spacial score (nSPS) is 10.3. The van der Waals surface area contributed by atoms with Gasteiger partial charge in [-0.25, -0.2) is 0 Å². The highest BCUT2D eigenvalue weighted by molar-refractivity contribution is 5.69. The molecule has 0 fully saturated rings. The molecule has 1 aromatic heterocycles. The molecule has 16 heavy (non-hydrogen) atoms. The number of nitrogens with one attached hydrogen (secondary N) is 1. The van der Waals surface area contributed by atoms with Gasteiger partial charge >= 0.3 is 0 Å². The van der Waals surface area contributed by atoms with E-state index in [9.17, 15) is 0 Å². The van der Waals surface area contributed by atoms with E-state index in [1.165, 1.54) is 0 Å². The zero-order valence-corrected chi connectivity index (χ0v) is 9.01. The van der Waals surface area contributed by atoms with Gasteiger partial charge in [0, 0.05) is 12.7 Å². The smallest absolute Gasteiger partial charge is 0.151 e. The Morgan fingerprint density at radius 1 is 1.31 bits per heavy atom. The number of nitrogens with two attached hydrogens (primary N) is 2. The molecule has 0 bridgehead atoms. The van der Waals surface area contributed by atoms with Crippen LogP contribution in [0.2, 0.25) is 0 Å². The van der Waals surface area contributed by atoms with Crippen LogP contribution in [0.4, 0.5) is 17.1 Å². The standard InChI is InChI=1S/C10H14N6/c1-16-6-14-15-10(16)5-13-7-2-3-8(11)9(12)4-7/h2-4,6,13H,5,11-12H2,1H3. The molecule has 0 aliphatic rings. The summed E-state index contributed by atoms with van der Waals surface area (Å²) in [6.07, 6.45) is 1.66. The highest BCUT2D eigenvalue weighted by Gasteiger charge is 2.01. The Balaban J connectivity index is 2.05. The van der Waals surface area contributed by atoms with E-state index in [1.807, 2.05) is 17.7 Å². The van der Waals surface area contributed by atoms with Gasteiger partial charge in [0.15, 0.2) is 5.82 Å². The number of aromatic nitrogens is 3. The molecule has 0 atom stereocenters. The molecule has 0 aliphatic carbocycles. The average Bonchev–Trinajstić information content (AvgIpc) is 2.66. The number of benzene rings is 1. The van der Waals surface area contributed by atoms with E-state index < -0.39 is 0 Å². The van der Waals surface area contributed by atoms with E-state index in [0.29, 0.717) is 17.9 Å². The maximum absolute atomic E-state index is 5.70. The first kappa shape index (κ1) is 10.3. The number of hydrogen-bond acceptors (Lipinski definition) is 5. The van der Waals surface area contributed by atoms with Gasteiger partial charge < -0.3 is 21.4 Å². The van der Waals surface area contributed by atoms with E-state index in [0.717, 1.165) is 11.5 Å². The summed E-state index contributed by atoms with van der Waals surface area (Å²) in [5.74, 6) is 0.857. The Morgan fingerprint density at radius 2 is 2.12 bits per heavy atom. The van der Waals surface area contributed by atoms with Crippen LogP contribution in [-0.2, 0) is 13.6 Å². The zero-order chi connectivity index (χ0) is 11.5. The SMILES string of the molecule is Cn1cnnc1CNc1ccc(N)c(N)c1. The first-order valence-electron chi connectivity index (χ1n) is 4.88. The van der Waals surface area contributed by atoms with Crippen LogP contribution in [0.25, 0.3) is 0 Å². The quantitative estimate of drug-likeness (QED) is 0.655. The third-order valence-electron chi connectivity index (χ3n) is 2.34. The number of nitrogens with zero attached hydrogens (tertiary/aromatic N) is 3. The van der Waals surface area contributed by atoms with Gasteiger partial charge in [-0.15, -0.1) is 10.2 Å². The minimum atomic E-state index is 0.572. The molecule has 0 radical (unpaired) electrons. The Hall–Kier alpha value is -2.24. The summed E-state index contributed by atoms with van der Waals surface area (Å²) in [5, 5.41) is 11.0. The van der Waals surface area contributed by atoms with Gasteiger partial charge in [0.1, 0.15) is 6.33 Å². The number of rotatable bonds is 3. The molecule has 6 nitrogen and oxygen atoms in total. The van der Waals surface area contributed by atoms with Crippen LogP contribution >= 0.6 is 0 Å². The first-order valence-corrected chi connectivity index (χ1v) is 4.88. The predicted molar refractivity (Wildman–Crippen MR) is 63.6 cm³/mol. The van der Waals surface area contributed by atoms with E-state index in [4.69, 9.17) is 11.5 Å². The van der Waals surface area contributed by atoms with E-state index >= 15 is 0 Å². The second-order valence-corrected chi connectivity index (χ2v) is 3.56. The minimum Gasteiger partial charge on any atom is -0.397 e. The second kappa shape index (κ2) is 4.09. The van der Waals surface area contributed by atoms with E-state index in [1.54, 1.807) is 18.5 Å². The number of hydrogen-bond donors (Lipinski definition) is 3. The molecule has 0 amide bonds. The topological polar surface area (TPSA) is 94.8 Å². The molecular formula is C10H14N6. The third-order valence-corrected chi connectivity index (χ3v) is 2.34.